The molecule has 1 nitrogen and oxygen atoms in total. The van der Waals surface area contributed by atoms with Crippen molar-refractivity contribution in [3.05, 3.63) is 0 Å². The topological polar surface area (TPSA) is 9.23 Å². The van der Waals surface area contributed by atoms with Crippen molar-refractivity contribution in [2.75, 3.05) is 6.61 Å². The largest absolute Gasteiger partial charge is 0.378 e. The van der Waals surface area contributed by atoms with Gasteiger partial charge in [-0.15, -0.1) is 0 Å². The van der Waals surface area contributed by atoms with Gasteiger partial charge in [0.15, 0.2) is 0 Å². The molecular weight excluding hydrogens is 148 g/mol. The van der Waals surface area contributed by atoms with Crippen LogP contribution in [-0.4, -0.2) is 12.7 Å². The van der Waals surface area contributed by atoms with E-state index in [0.29, 0.717) is 6.10 Å². The molecular formula is C11H18O. The molecule has 68 valence electrons. The second-order valence-electron chi connectivity index (χ2n) is 5.07. The van der Waals surface area contributed by atoms with Crippen molar-refractivity contribution in [2.24, 2.45) is 29.6 Å². The third-order valence-electron chi connectivity index (χ3n) is 4.88. The molecule has 0 N–H and O–H groups in total. The molecule has 3 rings (SSSR count). The molecule has 0 aromatic carbocycles. The van der Waals surface area contributed by atoms with Crippen molar-refractivity contribution < 1.29 is 4.74 Å². The summed E-state index contributed by atoms with van der Waals surface area (Å²) in [6.07, 6.45) is 3.49. The number of rotatable bonds is 0. The smallest absolute Gasteiger partial charge is 0.0637 e. The zero-order chi connectivity index (χ0) is 8.29. The average molecular weight is 166 g/mol. The zero-order valence-electron chi connectivity index (χ0n) is 7.99. The summed E-state index contributed by atoms with van der Waals surface area (Å²) in [5, 5.41) is 0. The third kappa shape index (κ3) is 0.693. The van der Waals surface area contributed by atoms with Gasteiger partial charge in [0.2, 0.25) is 0 Å². The van der Waals surface area contributed by atoms with Crippen molar-refractivity contribution in [1.82, 2.24) is 0 Å². The van der Waals surface area contributed by atoms with Crippen LogP contribution in [0, 0.1) is 29.6 Å². The van der Waals surface area contributed by atoms with E-state index in [1.807, 2.05) is 0 Å². The van der Waals surface area contributed by atoms with E-state index in [1.165, 1.54) is 12.8 Å². The number of hydrogen-bond acceptors (Lipinski definition) is 1. The maximum absolute atomic E-state index is 5.83. The maximum atomic E-state index is 5.83. The summed E-state index contributed by atoms with van der Waals surface area (Å²) in [5.41, 5.74) is 0. The minimum absolute atomic E-state index is 0.668. The molecule has 1 saturated heterocycles. The van der Waals surface area contributed by atoms with Crippen molar-refractivity contribution in [2.45, 2.75) is 32.8 Å². The van der Waals surface area contributed by atoms with Crippen LogP contribution in [0.2, 0.25) is 0 Å². The molecule has 3 fully saturated rings. The Labute approximate surface area is 74.5 Å². The summed E-state index contributed by atoms with van der Waals surface area (Å²) < 4.78 is 5.83. The van der Waals surface area contributed by atoms with E-state index in [2.05, 4.69) is 13.8 Å². The quantitative estimate of drug-likeness (QED) is 0.536. The fourth-order valence-electron chi connectivity index (χ4n) is 4.05. The lowest BCUT2D eigenvalue weighted by Gasteiger charge is -2.33. The van der Waals surface area contributed by atoms with Gasteiger partial charge in [0, 0.05) is 6.61 Å². The lowest BCUT2D eigenvalue weighted by atomic mass is 9.74. The molecule has 1 aliphatic heterocycles. The Balaban J connectivity index is 1.92. The van der Waals surface area contributed by atoms with Crippen LogP contribution in [-0.2, 0) is 4.74 Å². The van der Waals surface area contributed by atoms with Crippen LogP contribution in [0.4, 0.5) is 0 Å². The van der Waals surface area contributed by atoms with E-state index < -0.39 is 0 Å². The summed E-state index contributed by atoms with van der Waals surface area (Å²) in [6, 6.07) is 0. The zero-order valence-corrected chi connectivity index (χ0v) is 7.99. The van der Waals surface area contributed by atoms with Crippen LogP contribution in [0.25, 0.3) is 0 Å². The van der Waals surface area contributed by atoms with E-state index in [-0.39, 0.29) is 0 Å². The van der Waals surface area contributed by atoms with Gasteiger partial charge in [0.1, 0.15) is 0 Å². The highest BCUT2D eigenvalue weighted by molar-refractivity contribution is 5.05. The maximum Gasteiger partial charge on any atom is 0.0637 e. The summed E-state index contributed by atoms with van der Waals surface area (Å²) in [5.74, 6) is 4.77. The molecule has 0 spiro atoms. The van der Waals surface area contributed by atoms with Gasteiger partial charge in [-0.2, -0.15) is 0 Å². The second-order valence-corrected chi connectivity index (χ2v) is 5.07. The van der Waals surface area contributed by atoms with Crippen LogP contribution in [0.3, 0.4) is 0 Å². The Morgan fingerprint density at radius 2 is 1.75 bits per heavy atom. The molecule has 6 atom stereocenters. The highest BCUT2D eigenvalue weighted by Gasteiger charge is 2.56. The van der Waals surface area contributed by atoms with E-state index in [9.17, 15) is 0 Å². The van der Waals surface area contributed by atoms with E-state index in [4.69, 9.17) is 4.74 Å². The minimum Gasteiger partial charge on any atom is -0.378 e. The number of ether oxygens (including phenoxy) is 1. The summed E-state index contributed by atoms with van der Waals surface area (Å²) in [6.45, 7) is 5.92. The molecule has 2 bridgehead atoms. The highest BCUT2D eigenvalue weighted by Crippen LogP contribution is 2.58. The summed E-state index contributed by atoms with van der Waals surface area (Å²) >= 11 is 0. The Hall–Kier alpha value is -0.0400. The van der Waals surface area contributed by atoms with Crippen LogP contribution in [0.5, 0.6) is 0 Å². The average Bonchev–Trinajstić information content (AvgIpc) is 2.63. The van der Waals surface area contributed by atoms with Crippen molar-refractivity contribution >= 4 is 0 Å². The van der Waals surface area contributed by atoms with Gasteiger partial charge in [0.05, 0.1) is 6.10 Å². The lowest BCUT2D eigenvalue weighted by molar-refractivity contribution is 0.0178. The molecule has 0 aromatic rings. The third-order valence-corrected chi connectivity index (χ3v) is 4.88. The Bertz CT molecular complexity index is 181. The predicted molar refractivity (Wildman–Crippen MR) is 47.8 cm³/mol. The van der Waals surface area contributed by atoms with Gasteiger partial charge in [-0.3, -0.25) is 0 Å². The summed E-state index contributed by atoms with van der Waals surface area (Å²) in [7, 11) is 0. The standard InChI is InChI=1S/C11H18O/c1-6-7(2)10-5-9(6)8-3-4-12-11(8)10/h6-11H,3-5H2,1-2H3. The van der Waals surface area contributed by atoms with E-state index >= 15 is 0 Å². The first-order valence-corrected chi connectivity index (χ1v) is 5.40. The summed E-state index contributed by atoms with van der Waals surface area (Å²) in [4.78, 5) is 0. The molecule has 1 heterocycles. The van der Waals surface area contributed by atoms with Crippen LogP contribution in [0.15, 0.2) is 0 Å². The second kappa shape index (κ2) is 2.25. The van der Waals surface area contributed by atoms with E-state index in [0.717, 1.165) is 36.2 Å². The van der Waals surface area contributed by atoms with Crippen LogP contribution >= 0.6 is 0 Å². The molecule has 0 aromatic heterocycles. The highest BCUT2D eigenvalue weighted by atomic mass is 16.5. The first-order chi connectivity index (χ1) is 5.79. The first kappa shape index (κ1) is 7.37. The van der Waals surface area contributed by atoms with Crippen molar-refractivity contribution in [3.63, 3.8) is 0 Å². The normalized spacial score (nSPS) is 62.5. The van der Waals surface area contributed by atoms with E-state index in [1.54, 1.807) is 0 Å². The number of hydrogen-bond donors (Lipinski definition) is 0. The number of fused-ring (bicyclic) bond motifs is 5. The Kier molecular flexibility index (Phi) is 1.39. The fourth-order valence-corrected chi connectivity index (χ4v) is 4.05. The Morgan fingerprint density at radius 1 is 1.00 bits per heavy atom. The van der Waals surface area contributed by atoms with Crippen molar-refractivity contribution in [1.29, 1.82) is 0 Å². The molecule has 2 saturated carbocycles. The molecule has 0 radical (unpaired) electrons. The molecule has 6 unspecified atom stereocenters. The monoisotopic (exact) mass is 166 g/mol. The van der Waals surface area contributed by atoms with Crippen LogP contribution in [0.1, 0.15) is 26.7 Å². The van der Waals surface area contributed by atoms with Gasteiger partial charge in [0.25, 0.3) is 0 Å². The van der Waals surface area contributed by atoms with Gasteiger partial charge in [-0.1, -0.05) is 13.8 Å². The van der Waals surface area contributed by atoms with Crippen LogP contribution < -0.4 is 0 Å². The van der Waals surface area contributed by atoms with Crippen molar-refractivity contribution in [3.8, 4) is 0 Å². The van der Waals surface area contributed by atoms with Gasteiger partial charge < -0.3 is 4.74 Å². The molecule has 1 heteroatoms. The molecule has 2 aliphatic carbocycles. The van der Waals surface area contributed by atoms with Gasteiger partial charge in [-0.05, 0) is 42.4 Å². The molecule has 0 amide bonds. The molecule has 12 heavy (non-hydrogen) atoms. The lowest BCUT2D eigenvalue weighted by Crippen LogP contribution is -2.33. The predicted octanol–water partition coefficient (Wildman–Crippen LogP) is 2.31. The fraction of sp³-hybridized carbons (Fsp3) is 1.00. The van der Waals surface area contributed by atoms with Gasteiger partial charge in [-0.25, -0.2) is 0 Å². The van der Waals surface area contributed by atoms with Gasteiger partial charge >= 0.3 is 0 Å². The SMILES string of the molecule is CC1C(C)C2CC1C1CCOC21. The minimum atomic E-state index is 0.668. The molecule has 3 aliphatic rings. The first-order valence-electron chi connectivity index (χ1n) is 5.40. The Morgan fingerprint density at radius 3 is 2.58 bits per heavy atom.